The van der Waals surface area contributed by atoms with Crippen LogP contribution in [0.4, 0.5) is 0 Å². The summed E-state index contributed by atoms with van der Waals surface area (Å²) < 4.78 is 56.5. The lowest BCUT2D eigenvalue weighted by Crippen LogP contribution is -2.39. The normalized spacial score (nSPS) is 16.2. The van der Waals surface area contributed by atoms with E-state index < -0.39 is 19.9 Å². The molecule has 0 radical (unpaired) electrons. The number of rotatable bonds is 6. The predicted molar refractivity (Wildman–Crippen MR) is 129 cm³/mol. The van der Waals surface area contributed by atoms with Gasteiger partial charge in [-0.3, -0.25) is 0 Å². The third-order valence-electron chi connectivity index (χ3n) is 6.32. The number of sulfone groups is 1. The van der Waals surface area contributed by atoms with Gasteiger partial charge in [0.2, 0.25) is 19.9 Å². The van der Waals surface area contributed by atoms with Gasteiger partial charge in [0, 0.05) is 31.0 Å². The number of piperidine rings is 1. The van der Waals surface area contributed by atoms with Gasteiger partial charge in [-0.15, -0.1) is 0 Å². The van der Waals surface area contributed by atoms with Crippen LogP contribution in [0.5, 0.6) is 0 Å². The maximum absolute atomic E-state index is 13.4. The Kier molecular flexibility index (Phi) is 6.73. The van der Waals surface area contributed by atoms with Gasteiger partial charge in [0.15, 0.2) is 0 Å². The molecular weight excluding hydrogens is 480 g/mol. The highest BCUT2D eigenvalue weighted by molar-refractivity contribution is 7.91. The summed E-state index contributed by atoms with van der Waals surface area (Å²) >= 11 is 6.25. The molecular formula is C24H27ClN2O4S2. The Morgan fingerprint density at radius 1 is 0.848 bits per heavy atom. The van der Waals surface area contributed by atoms with Crippen LogP contribution in [0, 0.1) is 19.8 Å². The first kappa shape index (κ1) is 24.0. The molecule has 176 valence electrons. The SMILES string of the molecule is Cc1ccc(C)n1CC1CCN(S(=O)(=O)c2cc(S(=O)(=O)c3ccccc3)ccc2Cl)CC1. The van der Waals surface area contributed by atoms with Gasteiger partial charge >= 0.3 is 0 Å². The molecule has 0 N–H and O–H groups in total. The molecule has 33 heavy (non-hydrogen) atoms. The molecule has 1 aliphatic heterocycles. The van der Waals surface area contributed by atoms with E-state index in [2.05, 4.69) is 30.5 Å². The number of aryl methyl sites for hydroxylation is 2. The molecule has 9 heteroatoms. The minimum Gasteiger partial charge on any atom is -0.349 e. The summed E-state index contributed by atoms with van der Waals surface area (Å²) in [6, 6.07) is 16.0. The number of sulfonamides is 1. The molecule has 0 saturated carbocycles. The first-order valence-electron chi connectivity index (χ1n) is 10.8. The van der Waals surface area contributed by atoms with E-state index in [1.165, 1.54) is 46.0 Å². The standard InChI is InChI=1S/C24H27ClN2O4S2/c1-18-8-9-19(2)27(18)17-20-12-14-26(15-13-20)33(30,31)24-16-22(10-11-23(24)25)32(28,29)21-6-4-3-5-7-21/h3-11,16,20H,12-15,17H2,1-2H3. The Bertz CT molecular complexity index is 1340. The van der Waals surface area contributed by atoms with E-state index in [9.17, 15) is 16.8 Å². The van der Waals surface area contributed by atoms with Gasteiger partial charge in [-0.25, -0.2) is 16.8 Å². The predicted octanol–water partition coefficient (Wildman–Crippen LogP) is 4.69. The van der Waals surface area contributed by atoms with E-state index in [1.54, 1.807) is 18.2 Å². The molecule has 1 fully saturated rings. The summed E-state index contributed by atoms with van der Waals surface area (Å²) in [5.74, 6) is 0.376. The van der Waals surface area contributed by atoms with Crippen LogP contribution in [0.25, 0.3) is 0 Å². The largest absolute Gasteiger partial charge is 0.349 e. The van der Waals surface area contributed by atoms with Gasteiger partial charge in [0.1, 0.15) is 4.90 Å². The molecule has 1 aromatic heterocycles. The third kappa shape index (κ3) is 4.75. The summed E-state index contributed by atoms with van der Waals surface area (Å²) in [5.41, 5.74) is 2.40. The Morgan fingerprint density at radius 2 is 1.45 bits per heavy atom. The molecule has 0 bridgehead atoms. The Morgan fingerprint density at radius 3 is 2.06 bits per heavy atom. The van der Waals surface area contributed by atoms with Crippen LogP contribution in [0.3, 0.4) is 0 Å². The van der Waals surface area contributed by atoms with Crippen LogP contribution in [0.15, 0.2) is 75.4 Å². The van der Waals surface area contributed by atoms with E-state index in [-0.39, 0.29) is 19.7 Å². The second kappa shape index (κ2) is 9.25. The highest BCUT2D eigenvalue weighted by atomic mass is 35.5. The molecule has 0 amide bonds. The second-order valence-corrected chi connectivity index (χ2v) is 12.7. The molecule has 1 saturated heterocycles. The lowest BCUT2D eigenvalue weighted by atomic mass is 9.98. The smallest absolute Gasteiger partial charge is 0.244 e. The first-order chi connectivity index (χ1) is 15.6. The number of halogens is 1. The van der Waals surface area contributed by atoms with Gasteiger partial charge in [-0.2, -0.15) is 4.31 Å². The van der Waals surface area contributed by atoms with Crippen molar-refractivity contribution in [3.05, 3.63) is 77.1 Å². The number of aromatic nitrogens is 1. The molecule has 0 aliphatic carbocycles. The van der Waals surface area contributed by atoms with Crippen molar-refractivity contribution >= 4 is 31.5 Å². The van der Waals surface area contributed by atoms with Crippen LogP contribution in [-0.4, -0.2) is 38.8 Å². The van der Waals surface area contributed by atoms with E-state index in [0.717, 1.165) is 19.4 Å². The topological polar surface area (TPSA) is 76.5 Å². The Hall–Kier alpha value is -2.13. The van der Waals surface area contributed by atoms with Gasteiger partial charge in [-0.1, -0.05) is 29.8 Å². The fourth-order valence-corrected chi connectivity index (χ4v) is 7.65. The number of benzene rings is 2. The van der Waals surface area contributed by atoms with Gasteiger partial charge < -0.3 is 4.57 Å². The quantitative estimate of drug-likeness (QED) is 0.486. The molecule has 1 aliphatic rings. The molecule has 3 aromatic rings. The Balaban J connectivity index is 1.55. The van der Waals surface area contributed by atoms with Crippen LogP contribution < -0.4 is 0 Å². The molecule has 6 nitrogen and oxygen atoms in total. The van der Waals surface area contributed by atoms with Crippen molar-refractivity contribution < 1.29 is 16.8 Å². The summed E-state index contributed by atoms with van der Waals surface area (Å²) in [7, 11) is -7.79. The van der Waals surface area contributed by atoms with Gasteiger partial charge in [0.25, 0.3) is 0 Å². The van der Waals surface area contributed by atoms with Crippen molar-refractivity contribution in [1.82, 2.24) is 8.87 Å². The summed E-state index contributed by atoms with van der Waals surface area (Å²) in [4.78, 5) is -0.158. The third-order valence-corrected chi connectivity index (χ3v) is 10.5. The van der Waals surface area contributed by atoms with Crippen molar-refractivity contribution in [2.75, 3.05) is 13.1 Å². The summed E-state index contributed by atoms with van der Waals surface area (Å²) in [6.45, 7) is 5.76. The molecule has 4 rings (SSSR count). The average molecular weight is 507 g/mol. The zero-order valence-electron chi connectivity index (χ0n) is 18.6. The number of hydrogen-bond donors (Lipinski definition) is 0. The van der Waals surface area contributed by atoms with Gasteiger partial charge in [0.05, 0.1) is 14.8 Å². The van der Waals surface area contributed by atoms with E-state index >= 15 is 0 Å². The zero-order valence-corrected chi connectivity index (χ0v) is 21.0. The first-order valence-corrected chi connectivity index (χ1v) is 14.1. The van der Waals surface area contributed by atoms with Crippen LogP contribution in [0.2, 0.25) is 5.02 Å². The fourth-order valence-electron chi connectivity index (χ4n) is 4.30. The molecule has 2 aromatic carbocycles. The minimum atomic E-state index is -3.93. The minimum absolute atomic E-state index is 0.0164. The monoisotopic (exact) mass is 506 g/mol. The summed E-state index contributed by atoms with van der Waals surface area (Å²) in [6.07, 6.45) is 1.46. The second-order valence-electron chi connectivity index (χ2n) is 8.48. The van der Waals surface area contributed by atoms with Gasteiger partial charge in [-0.05, 0) is 75.1 Å². The van der Waals surface area contributed by atoms with E-state index in [1.807, 2.05) is 0 Å². The van der Waals surface area contributed by atoms with Crippen LogP contribution in [0.1, 0.15) is 24.2 Å². The van der Waals surface area contributed by atoms with Crippen LogP contribution in [-0.2, 0) is 26.4 Å². The molecule has 0 atom stereocenters. The number of nitrogens with zero attached hydrogens (tertiary/aromatic N) is 2. The highest BCUT2D eigenvalue weighted by Gasteiger charge is 2.32. The highest BCUT2D eigenvalue weighted by Crippen LogP contribution is 2.32. The lowest BCUT2D eigenvalue weighted by Gasteiger charge is -2.32. The molecule has 2 heterocycles. The van der Waals surface area contributed by atoms with E-state index in [0.29, 0.717) is 19.0 Å². The fraction of sp³-hybridized carbons (Fsp3) is 0.333. The maximum Gasteiger partial charge on any atom is 0.244 e. The molecule has 0 unspecified atom stereocenters. The molecule has 0 spiro atoms. The zero-order chi connectivity index (χ0) is 23.8. The van der Waals surface area contributed by atoms with Crippen molar-refractivity contribution in [3.8, 4) is 0 Å². The number of hydrogen-bond acceptors (Lipinski definition) is 4. The van der Waals surface area contributed by atoms with Crippen molar-refractivity contribution in [1.29, 1.82) is 0 Å². The van der Waals surface area contributed by atoms with Crippen LogP contribution >= 0.6 is 11.6 Å². The van der Waals surface area contributed by atoms with Crippen molar-refractivity contribution in [2.45, 2.75) is 47.9 Å². The lowest BCUT2D eigenvalue weighted by molar-refractivity contribution is 0.251. The average Bonchev–Trinajstić information content (AvgIpc) is 3.12. The Labute approximate surface area is 200 Å². The van der Waals surface area contributed by atoms with Crippen molar-refractivity contribution in [3.63, 3.8) is 0 Å². The maximum atomic E-state index is 13.4. The summed E-state index contributed by atoms with van der Waals surface area (Å²) in [5, 5.41) is 0.0164. The van der Waals surface area contributed by atoms with E-state index in [4.69, 9.17) is 11.6 Å². The van der Waals surface area contributed by atoms with Crippen molar-refractivity contribution in [2.24, 2.45) is 5.92 Å².